The number of hydrogen-bond donors (Lipinski definition) is 0. The third-order valence-corrected chi connectivity index (χ3v) is 4.76. The molecule has 0 saturated carbocycles. The lowest BCUT2D eigenvalue weighted by molar-refractivity contribution is 0.884. The Labute approximate surface area is 173 Å². The van der Waals surface area contributed by atoms with Crippen LogP contribution in [-0.4, -0.2) is 24.1 Å². The van der Waals surface area contributed by atoms with Crippen LogP contribution in [0.15, 0.2) is 91.6 Å². The molecule has 30 heavy (non-hydrogen) atoms. The van der Waals surface area contributed by atoms with Crippen molar-refractivity contribution in [2.24, 2.45) is 0 Å². The van der Waals surface area contributed by atoms with Crippen molar-refractivity contribution in [3.05, 3.63) is 103 Å². The Morgan fingerprint density at radius 1 is 0.967 bits per heavy atom. The van der Waals surface area contributed by atoms with Gasteiger partial charge in [-0.25, -0.2) is 9.67 Å². The average molecular weight is 388 g/mol. The summed E-state index contributed by atoms with van der Waals surface area (Å²) in [6, 6.07) is 21.8. The van der Waals surface area contributed by atoms with Crippen LogP contribution < -0.4 is 0 Å². The Morgan fingerprint density at radius 3 is 2.60 bits per heavy atom. The maximum atomic E-state index is 9.84. The molecule has 0 aliphatic carbocycles. The van der Waals surface area contributed by atoms with Crippen LogP contribution in [0.25, 0.3) is 34.2 Å². The fourth-order valence-corrected chi connectivity index (χ4v) is 3.32. The van der Waals surface area contributed by atoms with Crippen LogP contribution >= 0.6 is 0 Å². The number of para-hydroxylation sites is 1. The Bertz CT molecular complexity index is 1360. The molecule has 0 N–H and O–H groups in total. The van der Waals surface area contributed by atoms with E-state index in [9.17, 15) is 5.26 Å². The molecule has 0 saturated heterocycles. The first kappa shape index (κ1) is 17.6. The van der Waals surface area contributed by atoms with Gasteiger partial charge in [0.1, 0.15) is 17.4 Å². The normalized spacial score (nSPS) is 11.5. The van der Waals surface area contributed by atoms with Crippen molar-refractivity contribution >= 4 is 17.3 Å². The molecule has 0 aliphatic heterocycles. The molecule has 0 spiro atoms. The van der Waals surface area contributed by atoms with Gasteiger partial charge >= 0.3 is 0 Å². The zero-order chi connectivity index (χ0) is 20.3. The molecule has 4 aromatic heterocycles. The van der Waals surface area contributed by atoms with Gasteiger partial charge in [-0.2, -0.15) is 10.4 Å². The summed E-state index contributed by atoms with van der Waals surface area (Å²) in [6.45, 7) is 0. The summed E-state index contributed by atoms with van der Waals surface area (Å²) < 4.78 is 3.71. The molecule has 0 radical (unpaired) electrons. The topological polar surface area (TPSA) is 71.8 Å². The highest BCUT2D eigenvalue weighted by Crippen LogP contribution is 2.27. The summed E-state index contributed by atoms with van der Waals surface area (Å²) in [5, 5.41) is 14.6. The predicted octanol–water partition coefficient (Wildman–Crippen LogP) is 4.65. The zero-order valence-corrected chi connectivity index (χ0v) is 15.9. The Kier molecular flexibility index (Phi) is 4.39. The van der Waals surface area contributed by atoms with E-state index in [4.69, 9.17) is 5.10 Å². The van der Waals surface area contributed by atoms with E-state index in [1.807, 2.05) is 94.4 Å². The van der Waals surface area contributed by atoms with Crippen LogP contribution in [0.1, 0.15) is 11.3 Å². The van der Waals surface area contributed by atoms with Gasteiger partial charge in [0.15, 0.2) is 0 Å². The second kappa shape index (κ2) is 7.49. The number of allylic oxidation sites excluding steroid dienone is 1. The van der Waals surface area contributed by atoms with Gasteiger partial charge in [-0.3, -0.25) is 4.98 Å². The number of fused-ring (bicyclic) bond motifs is 1. The maximum Gasteiger partial charge on any atom is 0.137 e. The van der Waals surface area contributed by atoms with Crippen LogP contribution in [0.2, 0.25) is 0 Å². The molecule has 5 rings (SSSR count). The smallest absolute Gasteiger partial charge is 0.137 e. The molecule has 0 amide bonds. The highest BCUT2D eigenvalue weighted by molar-refractivity contribution is 5.91. The first-order valence-electron chi connectivity index (χ1n) is 9.43. The summed E-state index contributed by atoms with van der Waals surface area (Å²) >= 11 is 0. The standard InChI is InChI=1S/C24H16N6/c25-14-19(22-17-29-12-5-4-10-23(29)27-22)13-20-16-30(21-8-2-1-3-9-21)28-24(20)18-7-6-11-26-15-18/h1-13,15-17H/b19-13-. The van der Waals surface area contributed by atoms with Gasteiger partial charge in [-0.05, 0) is 42.5 Å². The molecule has 4 heterocycles. The van der Waals surface area contributed by atoms with Crippen LogP contribution in [-0.2, 0) is 0 Å². The fourth-order valence-electron chi connectivity index (χ4n) is 3.32. The van der Waals surface area contributed by atoms with E-state index < -0.39 is 0 Å². The number of hydrogen-bond acceptors (Lipinski definition) is 4. The summed E-state index contributed by atoms with van der Waals surface area (Å²) in [4.78, 5) is 8.80. The number of pyridine rings is 2. The van der Waals surface area contributed by atoms with Gasteiger partial charge in [0.25, 0.3) is 0 Å². The van der Waals surface area contributed by atoms with Crippen LogP contribution in [0.3, 0.4) is 0 Å². The number of rotatable bonds is 4. The minimum absolute atomic E-state index is 0.469. The van der Waals surface area contributed by atoms with Crippen LogP contribution in [0, 0.1) is 11.3 Å². The van der Waals surface area contributed by atoms with Crippen molar-refractivity contribution in [2.75, 3.05) is 0 Å². The van der Waals surface area contributed by atoms with Crippen molar-refractivity contribution in [1.29, 1.82) is 5.26 Å². The van der Waals surface area contributed by atoms with Crippen molar-refractivity contribution in [1.82, 2.24) is 24.1 Å². The Morgan fingerprint density at radius 2 is 1.83 bits per heavy atom. The minimum atomic E-state index is 0.469. The third kappa shape index (κ3) is 3.25. The summed E-state index contributed by atoms with van der Waals surface area (Å²) in [5.74, 6) is 0. The number of nitriles is 1. The van der Waals surface area contributed by atoms with E-state index in [-0.39, 0.29) is 0 Å². The van der Waals surface area contributed by atoms with E-state index in [2.05, 4.69) is 16.0 Å². The molecule has 5 aromatic rings. The number of benzene rings is 1. The van der Waals surface area contributed by atoms with Gasteiger partial charge in [-0.1, -0.05) is 24.3 Å². The number of nitrogens with zero attached hydrogens (tertiary/aromatic N) is 6. The lowest BCUT2D eigenvalue weighted by atomic mass is 10.1. The fraction of sp³-hybridized carbons (Fsp3) is 0. The third-order valence-electron chi connectivity index (χ3n) is 4.76. The van der Waals surface area contributed by atoms with E-state index in [1.165, 1.54) is 0 Å². The molecule has 0 aliphatic rings. The lowest BCUT2D eigenvalue weighted by Crippen LogP contribution is -1.94. The molecule has 6 heteroatoms. The van der Waals surface area contributed by atoms with Crippen LogP contribution in [0.5, 0.6) is 0 Å². The molecule has 0 fully saturated rings. The Hall–Kier alpha value is -4.50. The first-order chi connectivity index (χ1) is 14.8. The molecule has 1 aromatic carbocycles. The molecule has 0 bridgehead atoms. The molecular formula is C24H16N6. The van der Waals surface area contributed by atoms with Crippen LogP contribution in [0.4, 0.5) is 0 Å². The van der Waals surface area contributed by atoms with Gasteiger partial charge in [-0.15, -0.1) is 0 Å². The molecule has 0 unspecified atom stereocenters. The van der Waals surface area contributed by atoms with Crippen molar-refractivity contribution < 1.29 is 0 Å². The first-order valence-corrected chi connectivity index (χ1v) is 9.43. The Balaban J connectivity index is 1.66. The SMILES string of the molecule is N#C/C(=C/c1cn(-c2ccccc2)nc1-c1cccnc1)c1cn2ccccc2n1. The van der Waals surface area contributed by atoms with E-state index in [0.29, 0.717) is 11.3 Å². The quantitative estimate of drug-likeness (QED) is 0.420. The second-order valence-electron chi connectivity index (χ2n) is 6.72. The van der Waals surface area contributed by atoms with E-state index in [1.54, 1.807) is 12.4 Å². The zero-order valence-electron chi connectivity index (χ0n) is 15.9. The summed E-state index contributed by atoms with van der Waals surface area (Å²) in [7, 11) is 0. The molecular weight excluding hydrogens is 372 g/mol. The maximum absolute atomic E-state index is 9.84. The van der Waals surface area contributed by atoms with Gasteiger partial charge < -0.3 is 4.40 Å². The average Bonchev–Trinajstić information content (AvgIpc) is 3.43. The van der Waals surface area contributed by atoms with Gasteiger partial charge in [0.05, 0.1) is 17.0 Å². The highest BCUT2D eigenvalue weighted by atomic mass is 15.3. The van der Waals surface area contributed by atoms with Crippen molar-refractivity contribution in [3.8, 4) is 23.0 Å². The summed E-state index contributed by atoms with van der Waals surface area (Å²) in [5.41, 5.74) is 5.27. The van der Waals surface area contributed by atoms with Gasteiger partial charge in [0.2, 0.25) is 0 Å². The van der Waals surface area contributed by atoms with Crippen molar-refractivity contribution in [3.63, 3.8) is 0 Å². The second-order valence-corrected chi connectivity index (χ2v) is 6.72. The minimum Gasteiger partial charge on any atom is -0.306 e. The lowest BCUT2D eigenvalue weighted by Gasteiger charge is -2.00. The van der Waals surface area contributed by atoms with Gasteiger partial charge in [0, 0.05) is 42.1 Å². The highest BCUT2D eigenvalue weighted by Gasteiger charge is 2.14. The molecule has 0 atom stereocenters. The molecule has 142 valence electrons. The monoisotopic (exact) mass is 388 g/mol. The number of imidazole rings is 1. The largest absolute Gasteiger partial charge is 0.306 e. The molecule has 6 nitrogen and oxygen atoms in total. The number of aromatic nitrogens is 5. The van der Waals surface area contributed by atoms with Crippen molar-refractivity contribution in [2.45, 2.75) is 0 Å². The summed E-state index contributed by atoms with van der Waals surface area (Å²) in [6.07, 6.45) is 11.0. The van der Waals surface area contributed by atoms with E-state index >= 15 is 0 Å². The van der Waals surface area contributed by atoms with E-state index in [0.717, 1.165) is 28.2 Å². The predicted molar refractivity (Wildman–Crippen MR) is 115 cm³/mol.